The molecule has 0 aliphatic rings. The summed E-state index contributed by atoms with van der Waals surface area (Å²) in [6.45, 7) is 2.65. The molecule has 0 aromatic carbocycles. The number of halogens is 4. The summed E-state index contributed by atoms with van der Waals surface area (Å²) in [7, 11) is 1.93. The summed E-state index contributed by atoms with van der Waals surface area (Å²) in [4.78, 5) is 2.44. The van der Waals surface area contributed by atoms with Crippen LogP contribution >= 0.6 is 15.9 Å². The Hall–Kier alpha value is 0.190. The first-order chi connectivity index (χ1) is 6.81. The summed E-state index contributed by atoms with van der Waals surface area (Å²) in [5.74, 6) is 0. The molecule has 0 saturated heterocycles. The number of hydrogen-bond donors (Lipinski definition) is 0. The van der Waals surface area contributed by atoms with Crippen molar-refractivity contribution in [2.45, 2.75) is 24.3 Å². The molecular formula is C9H17BrF3NO. The molecule has 2 nitrogen and oxygen atoms in total. The first-order valence-corrected chi connectivity index (χ1v) is 5.70. The fourth-order valence-electron chi connectivity index (χ4n) is 1.15. The normalized spacial score (nSPS) is 14.6. The summed E-state index contributed by atoms with van der Waals surface area (Å²) in [6, 6.07) is 0. The quantitative estimate of drug-likeness (QED) is 0.528. The van der Waals surface area contributed by atoms with Gasteiger partial charge in [-0.25, -0.2) is 0 Å². The standard InChI is InChI=1S/C9H17BrF3NO/c1-8(10)6-14(2)4-3-5-15-7-9(11,12)13/h8H,3-7H2,1-2H3. The maximum absolute atomic E-state index is 11.7. The van der Waals surface area contributed by atoms with Crippen molar-refractivity contribution in [1.82, 2.24) is 4.90 Å². The van der Waals surface area contributed by atoms with E-state index < -0.39 is 12.8 Å². The number of hydrogen-bond acceptors (Lipinski definition) is 2. The van der Waals surface area contributed by atoms with Crippen LogP contribution in [-0.4, -0.2) is 49.3 Å². The molecular weight excluding hydrogens is 275 g/mol. The second kappa shape index (κ2) is 7.46. The van der Waals surface area contributed by atoms with Crippen molar-refractivity contribution >= 4 is 15.9 Å². The van der Waals surface area contributed by atoms with Gasteiger partial charge in [0, 0.05) is 24.5 Å². The maximum atomic E-state index is 11.7. The van der Waals surface area contributed by atoms with E-state index in [2.05, 4.69) is 25.6 Å². The van der Waals surface area contributed by atoms with Crippen molar-refractivity contribution in [2.24, 2.45) is 0 Å². The van der Waals surface area contributed by atoms with Crippen LogP contribution in [0.1, 0.15) is 13.3 Å². The van der Waals surface area contributed by atoms with E-state index in [4.69, 9.17) is 0 Å². The highest BCUT2D eigenvalue weighted by atomic mass is 79.9. The molecule has 0 amide bonds. The van der Waals surface area contributed by atoms with E-state index in [0.29, 0.717) is 11.2 Å². The summed E-state index contributed by atoms with van der Waals surface area (Å²) in [5.41, 5.74) is 0. The van der Waals surface area contributed by atoms with Crippen LogP contribution in [0.25, 0.3) is 0 Å². The fraction of sp³-hybridized carbons (Fsp3) is 1.00. The molecule has 0 spiro atoms. The molecule has 15 heavy (non-hydrogen) atoms. The Balaban J connectivity index is 3.31. The molecule has 0 radical (unpaired) electrons. The highest BCUT2D eigenvalue weighted by Gasteiger charge is 2.27. The van der Waals surface area contributed by atoms with Gasteiger partial charge in [-0.1, -0.05) is 22.9 Å². The largest absolute Gasteiger partial charge is 0.411 e. The monoisotopic (exact) mass is 291 g/mol. The van der Waals surface area contributed by atoms with Crippen molar-refractivity contribution in [2.75, 3.05) is 33.4 Å². The molecule has 0 rings (SSSR count). The molecule has 0 saturated carbocycles. The molecule has 0 aliphatic heterocycles. The Morgan fingerprint density at radius 2 is 2.00 bits per heavy atom. The summed E-state index contributed by atoms with van der Waals surface area (Å²) in [6.07, 6.45) is -3.59. The third-order valence-electron chi connectivity index (χ3n) is 1.66. The predicted molar refractivity (Wildman–Crippen MR) is 57.4 cm³/mol. The lowest BCUT2D eigenvalue weighted by Gasteiger charge is -2.17. The second-order valence-corrected chi connectivity index (χ2v) is 5.13. The third-order valence-corrected chi connectivity index (χ3v) is 1.95. The van der Waals surface area contributed by atoms with E-state index in [1.54, 1.807) is 0 Å². The van der Waals surface area contributed by atoms with Gasteiger partial charge in [0.05, 0.1) is 0 Å². The highest BCUT2D eigenvalue weighted by molar-refractivity contribution is 9.09. The maximum Gasteiger partial charge on any atom is 0.411 e. The van der Waals surface area contributed by atoms with Crippen LogP contribution in [0.4, 0.5) is 13.2 Å². The molecule has 6 heteroatoms. The van der Waals surface area contributed by atoms with Crippen molar-refractivity contribution in [3.8, 4) is 0 Å². The highest BCUT2D eigenvalue weighted by Crippen LogP contribution is 2.14. The van der Waals surface area contributed by atoms with Crippen LogP contribution in [0.3, 0.4) is 0 Å². The van der Waals surface area contributed by atoms with Gasteiger partial charge >= 0.3 is 6.18 Å². The van der Waals surface area contributed by atoms with E-state index in [1.165, 1.54) is 0 Å². The molecule has 0 heterocycles. The van der Waals surface area contributed by atoms with Crippen molar-refractivity contribution < 1.29 is 17.9 Å². The van der Waals surface area contributed by atoms with Gasteiger partial charge in [-0.3, -0.25) is 0 Å². The molecule has 0 fully saturated rings. The van der Waals surface area contributed by atoms with Crippen LogP contribution in [0.5, 0.6) is 0 Å². The van der Waals surface area contributed by atoms with Gasteiger partial charge in [-0.15, -0.1) is 0 Å². The molecule has 0 bridgehead atoms. The Labute approximate surface area is 96.9 Å². The lowest BCUT2D eigenvalue weighted by atomic mass is 10.4. The fourth-order valence-corrected chi connectivity index (χ4v) is 1.64. The summed E-state index contributed by atoms with van der Waals surface area (Å²) >= 11 is 3.40. The van der Waals surface area contributed by atoms with Gasteiger partial charge in [0.15, 0.2) is 0 Å². The molecule has 0 N–H and O–H groups in total. The SMILES string of the molecule is CC(Br)CN(C)CCCOCC(F)(F)F. The van der Waals surface area contributed by atoms with E-state index in [0.717, 1.165) is 13.1 Å². The van der Waals surface area contributed by atoms with E-state index >= 15 is 0 Å². The van der Waals surface area contributed by atoms with Crippen molar-refractivity contribution in [1.29, 1.82) is 0 Å². The summed E-state index contributed by atoms with van der Waals surface area (Å²) in [5, 5.41) is 0. The number of ether oxygens (including phenoxy) is 1. The Kier molecular flexibility index (Phi) is 7.56. The molecule has 1 unspecified atom stereocenters. The van der Waals surface area contributed by atoms with Gasteiger partial charge in [0.25, 0.3) is 0 Å². The number of alkyl halides is 4. The van der Waals surface area contributed by atoms with E-state index in [1.807, 2.05) is 14.0 Å². The molecule has 0 aromatic rings. The zero-order chi connectivity index (χ0) is 11.9. The topological polar surface area (TPSA) is 12.5 Å². The zero-order valence-corrected chi connectivity index (χ0v) is 10.6. The van der Waals surface area contributed by atoms with Crippen molar-refractivity contribution in [3.05, 3.63) is 0 Å². The molecule has 0 aromatic heterocycles. The van der Waals surface area contributed by atoms with E-state index in [-0.39, 0.29) is 6.61 Å². The van der Waals surface area contributed by atoms with E-state index in [9.17, 15) is 13.2 Å². The third kappa shape index (κ3) is 12.1. The van der Waals surface area contributed by atoms with Crippen molar-refractivity contribution in [3.63, 3.8) is 0 Å². The smallest absolute Gasteiger partial charge is 0.372 e. The predicted octanol–water partition coefficient (Wildman–Crippen LogP) is 2.67. The van der Waals surface area contributed by atoms with Crippen LogP contribution in [0, 0.1) is 0 Å². The van der Waals surface area contributed by atoms with Gasteiger partial charge < -0.3 is 9.64 Å². The molecule has 0 aliphatic carbocycles. The van der Waals surface area contributed by atoms with Crippen LogP contribution in [0.15, 0.2) is 0 Å². The first-order valence-electron chi connectivity index (χ1n) is 4.78. The van der Waals surface area contributed by atoms with Crippen LogP contribution in [0.2, 0.25) is 0 Å². The van der Waals surface area contributed by atoms with Gasteiger partial charge in [0.1, 0.15) is 6.61 Å². The lowest BCUT2D eigenvalue weighted by Crippen LogP contribution is -2.26. The minimum absolute atomic E-state index is 0.153. The Morgan fingerprint density at radius 3 is 2.47 bits per heavy atom. The Morgan fingerprint density at radius 1 is 1.40 bits per heavy atom. The average molecular weight is 292 g/mol. The van der Waals surface area contributed by atoms with Gasteiger partial charge in [-0.05, 0) is 13.5 Å². The van der Waals surface area contributed by atoms with Gasteiger partial charge in [-0.2, -0.15) is 13.2 Å². The average Bonchev–Trinajstić information content (AvgIpc) is 1.99. The lowest BCUT2D eigenvalue weighted by molar-refractivity contribution is -0.174. The molecule has 1 atom stereocenters. The molecule has 92 valence electrons. The second-order valence-electron chi connectivity index (χ2n) is 3.56. The van der Waals surface area contributed by atoms with Crippen LogP contribution < -0.4 is 0 Å². The minimum atomic E-state index is -4.21. The van der Waals surface area contributed by atoms with Crippen LogP contribution in [-0.2, 0) is 4.74 Å². The summed E-state index contributed by atoms with van der Waals surface area (Å²) < 4.78 is 39.5. The minimum Gasteiger partial charge on any atom is -0.372 e. The number of nitrogens with zero attached hydrogens (tertiary/aromatic N) is 1. The van der Waals surface area contributed by atoms with Gasteiger partial charge in [0.2, 0.25) is 0 Å². The number of rotatable bonds is 7. The Bertz CT molecular complexity index is 164. The zero-order valence-electron chi connectivity index (χ0n) is 8.98. The first kappa shape index (κ1) is 15.2.